The molecule has 0 N–H and O–H groups in total. The molecule has 0 amide bonds. The number of nitriles is 2. The largest absolute Gasteiger partial charge is 0.309 e. The van der Waals surface area contributed by atoms with Gasteiger partial charge in [-0.05, 0) is 77.4 Å². The quantitative estimate of drug-likeness (QED) is 0.199. The molecule has 7 aromatic carbocycles. The van der Waals surface area contributed by atoms with Gasteiger partial charge in [-0.1, -0.05) is 97.1 Å². The summed E-state index contributed by atoms with van der Waals surface area (Å²) in [7, 11) is 0. The van der Waals surface area contributed by atoms with Gasteiger partial charge in [-0.25, -0.2) is 0 Å². The molecule has 222 valence electrons. The first-order valence-corrected chi connectivity index (χ1v) is 15.9. The molecular weight excluding hydrogens is 585 g/mol. The van der Waals surface area contributed by atoms with E-state index in [9.17, 15) is 10.5 Å². The van der Waals surface area contributed by atoms with Crippen molar-refractivity contribution in [2.75, 3.05) is 0 Å². The third-order valence-corrected chi connectivity index (χ3v) is 9.40. The summed E-state index contributed by atoms with van der Waals surface area (Å²) in [5, 5.41) is 24.7. The zero-order valence-electron chi connectivity index (χ0n) is 25.8. The summed E-state index contributed by atoms with van der Waals surface area (Å²) in [5.41, 5.74) is 11.5. The fraction of sp³-hybridized carbons (Fsp3) is 0. The van der Waals surface area contributed by atoms with Crippen LogP contribution in [0.15, 0.2) is 158 Å². The molecule has 0 spiro atoms. The summed E-state index contributed by atoms with van der Waals surface area (Å²) in [6.45, 7) is 0. The first-order chi connectivity index (χ1) is 23.7. The van der Waals surface area contributed by atoms with Crippen molar-refractivity contribution >= 4 is 43.6 Å². The molecule has 4 heteroatoms. The number of rotatable bonds is 4. The Morgan fingerprint density at radius 2 is 1.00 bits per heavy atom. The average Bonchev–Trinajstić information content (AvgIpc) is 3.67. The molecule has 0 radical (unpaired) electrons. The van der Waals surface area contributed by atoms with Gasteiger partial charge in [-0.2, -0.15) is 10.5 Å². The van der Waals surface area contributed by atoms with Crippen molar-refractivity contribution in [3.8, 4) is 45.8 Å². The van der Waals surface area contributed by atoms with Crippen LogP contribution < -0.4 is 0 Å². The van der Waals surface area contributed by atoms with Crippen molar-refractivity contribution in [3.63, 3.8) is 0 Å². The molecule has 0 aliphatic carbocycles. The second-order valence-electron chi connectivity index (χ2n) is 12.0. The maximum Gasteiger partial charge on any atom is 0.0998 e. The summed E-state index contributed by atoms with van der Waals surface area (Å²) < 4.78 is 4.56. The van der Waals surface area contributed by atoms with E-state index in [1.807, 2.05) is 48.5 Å². The van der Waals surface area contributed by atoms with Gasteiger partial charge in [0.1, 0.15) is 0 Å². The van der Waals surface area contributed by atoms with Crippen LogP contribution in [0.2, 0.25) is 0 Å². The van der Waals surface area contributed by atoms with E-state index in [1.165, 1.54) is 10.8 Å². The number of para-hydroxylation sites is 3. The lowest BCUT2D eigenvalue weighted by atomic mass is 9.90. The summed E-state index contributed by atoms with van der Waals surface area (Å²) in [6, 6.07) is 58.9. The molecular formula is C44H26N4. The lowest BCUT2D eigenvalue weighted by molar-refractivity contribution is 1.18. The predicted octanol–water partition coefficient (Wildman–Crippen LogP) is 11.0. The van der Waals surface area contributed by atoms with Crippen molar-refractivity contribution in [2.45, 2.75) is 0 Å². The average molecular weight is 611 g/mol. The van der Waals surface area contributed by atoms with Gasteiger partial charge < -0.3 is 9.13 Å². The smallest absolute Gasteiger partial charge is 0.0998 e. The van der Waals surface area contributed by atoms with Crippen molar-refractivity contribution in [2.24, 2.45) is 0 Å². The minimum absolute atomic E-state index is 0.595. The van der Waals surface area contributed by atoms with E-state index in [0.717, 1.165) is 66.5 Å². The van der Waals surface area contributed by atoms with E-state index in [4.69, 9.17) is 0 Å². The van der Waals surface area contributed by atoms with Gasteiger partial charge in [0, 0.05) is 32.8 Å². The third-order valence-electron chi connectivity index (χ3n) is 9.40. The van der Waals surface area contributed by atoms with Crippen LogP contribution in [0, 0.1) is 22.7 Å². The fourth-order valence-corrected chi connectivity index (χ4v) is 7.37. The number of aromatic nitrogens is 2. The molecule has 0 unspecified atom stereocenters. The van der Waals surface area contributed by atoms with Crippen molar-refractivity contribution in [1.82, 2.24) is 9.13 Å². The van der Waals surface area contributed by atoms with Crippen LogP contribution in [-0.2, 0) is 0 Å². The highest BCUT2D eigenvalue weighted by Gasteiger charge is 2.21. The van der Waals surface area contributed by atoms with Crippen molar-refractivity contribution in [3.05, 3.63) is 169 Å². The summed E-state index contributed by atoms with van der Waals surface area (Å²) in [4.78, 5) is 0. The van der Waals surface area contributed by atoms with Crippen LogP contribution in [0.3, 0.4) is 0 Å². The second kappa shape index (κ2) is 10.9. The van der Waals surface area contributed by atoms with Gasteiger partial charge in [0.2, 0.25) is 0 Å². The highest BCUT2D eigenvalue weighted by Crippen LogP contribution is 2.42. The second-order valence-corrected chi connectivity index (χ2v) is 12.0. The van der Waals surface area contributed by atoms with Crippen LogP contribution in [0.5, 0.6) is 0 Å². The molecule has 0 aliphatic heterocycles. The number of fused-ring (bicyclic) bond motifs is 6. The molecule has 0 fully saturated rings. The molecule has 0 saturated heterocycles. The molecule has 4 nitrogen and oxygen atoms in total. The molecule has 0 aliphatic rings. The van der Waals surface area contributed by atoms with Gasteiger partial charge >= 0.3 is 0 Å². The Bertz CT molecular complexity index is 2760. The lowest BCUT2D eigenvalue weighted by Gasteiger charge is -2.19. The standard InChI is InChI=1S/C44H26N4/c45-27-29-23-24-42-38(25-29)36-17-5-8-21-41(36)48(42)43-22-10-12-31(28-46)44(43)37-18-2-1-14-33(37)30-11-9-13-32(26-30)47-39-19-6-3-15-34(39)35-16-4-7-20-40(35)47/h1-26H. The lowest BCUT2D eigenvalue weighted by Crippen LogP contribution is -2.00. The zero-order valence-corrected chi connectivity index (χ0v) is 25.8. The Kier molecular flexibility index (Phi) is 6.22. The number of nitrogens with zero attached hydrogens (tertiary/aromatic N) is 4. The first kappa shape index (κ1) is 27.4. The summed E-state index contributed by atoms with van der Waals surface area (Å²) >= 11 is 0. The van der Waals surface area contributed by atoms with Crippen LogP contribution in [-0.4, -0.2) is 9.13 Å². The monoisotopic (exact) mass is 610 g/mol. The molecule has 0 saturated carbocycles. The minimum atomic E-state index is 0.595. The molecule has 48 heavy (non-hydrogen) atoms. The molecule has 0 bridgehead atoms. The maximum atomic E-state index is 10.5. The number of hydrogen-bond acceptors (Lipinski definition) is 2. The summed E-state index contributed by atoms with van der Waals surface area (Å²) in [5.74, 6) is 0. The highest BCUT2D eigenvalue weighted by atomic mass is 15.0. The van der Waals surface area contributed by atoms with Gasteiger partial charge in [-0.3, -0.25) is 0 Å². The van der Waals surface area contributed by atoms with E-state index in [0.29, 0.717) is 11.1 Å². The summed E-state index contributed by atoms with van der Waals surface area (Å²) in [6.07, 6.45) is 0. The van der Waals surface area contributed by atoms with E-state index >= 15 is 0 Å². The molecule has 9 rings (SSSR count). The third kappa shape index (κ3) is 4.07. The van der Waals surface area contributed by atoms with E-state index in [1.54, 1.807) is 0 Å². The zero-order chi connectivity index (χ0) is 32.2. The topological polar surface area (TPSA) is 57.4 Å². The normalized spacial score (nSPS) is 11.3. The van der Waals surface area contributed by atoms with Crippen LogP contribution in [0.4, 0.5) is 0 Å². The Morgan fingerprint density at radius 1 is 0.417 bits per heavy atom. The van der Waals surface area contributed by atoms with Gasteiger partial charge in [0.15, 0.2) is 0 Å². The van der Waals surface area contributed by atoms with Crippen molar-refractivity contribution in [1.29, 1.82) is 10.5 Å². The maximum absolute atomic E-state index is 10.5. The Balaban J connectivity index is 1.30. The van der Waals surface area contributed by atoms with Crippen LogP contribution in [0.1, 0.15) is 11.1 Å². The molecule has 9 aromatic rings. The predicted molar refractivity (Wildman–Crippen MR) is 195 cm³/mol. The van der Waals surface area contributed by atoms with Gasteiger partial charge in [0.25, 0.3) is 0 Å². The number of benzene rings is 7. The van der Waals surface area contributed by atoms with Crippen LogP contribution in [0.25, 0.3) is 77.2 Å². The minimum Gasteiger partial charge on any atom is -0.309 e. The molecule has 2 aromatic heterocycles. The van der Waals surface area contributed by atoms with Gasteiger partial charge in [-0.15, -0.1) is 0 Å². The Labute approximate surface area is 277 Å². The van der Waals surface area contributed by atoms with E-state index in [2.05, 4.69) is 130 Å². The van der Waals surface area contributed by atoms with E-state index in [-0.39, 0.29) is 0 Å². The SMILES string of the molecule is N#Cc1ccc2c(c1)c1ccccc1n2-c1cccc(C#N)c1-c1ccccc1-c1cccc(-n2c3ccccc3c3ccccc32)c1. The van der Waals surface area contributed by atoms with E-state index < -0.39 is 0 Å². The van der Waals surface area contributed by atoms with Crippen molar-refractivity contribution < 1.29 is 0 Å². The number of hydrogen-bond donors (Lipinski definition) is 0. The Hall–Kier alpha value is -6.88. The fourth-order valence-electron chi connectivity index (χ4n) is 7.37. The first-order valence-electron chi connectivity index (χ1n) is 15.9. The van der Waals surface area contributed by atoms with Crippen LogP contribution >= 0.6 is 0 Å². The molecule has 0 atom stereocenters. The molecule has 2 heterocycles. The van der Waals surface area contributed by atoms with Gasteiger partial charge in [0.05, 0.1) is 51.0 Å². The Morgan fingerprint density at radius 3 is 1.69 bits per heavy atom. The highest BCUT2D eigenvalue weighted by molar-refractivity contribution is 6.11.